The van der Waals surface area contributed by atoms with Crippen molar-refractivity contribution in [1.82, 2.24) is 9.88 Å². The van der Waals surface area contributed by atoms with Crippen molar-refractivity contribution in [3.8, 4) is 22.8 Å². The van der Waals surface area contributed by atoms with Gasteiger partial charge in [0.05, 0.1) is 16.1 Å². The van der Waals surface area contributed by atoms with Crippen LogP contribution < -0.4 is 20.2 Å². The number of imide groups is 1. The van der Waals surface area contributed by atoms with Gasteiger partial charge in [-0.2, -0.15) is 0 Å². The summed E-state index contributed by atoms with van der Waals surface area (Å²) in [4.78, 5) is 36.9. The van der Waals surface area contributed by atoms with Crippen LogP contribution in [0.1, 0.15) is 12.5 Å². The Morgan fingerprint density at radius 2 is 1.67 bits per heavy atom. The van der Waals surface area contributed by atoms with Crippen LogP contribution in [-0.4, -0.2) is 28.9 Å². The van der Waals surface area contributed by atoms with E-state index in [-0.39, 0.29) is 35.0 Å². The van der Waals surface area contributed by atoms with Gasteiger partial charge in [0.25, 0.3) is 11.1 Å². The molecule has 10 heteroatoms. The summed E-state index contributed by atoms with van der Waals surface area (Å²) in [7, 11) is 1.79. The molecular formula is C29H22F2N2O5S. The first kappa shape index (κ1) is 26.2. The van der Waals surface area contributed by atoms with Crippen LogP contribution in [0.5, 0.6) is 11.5 Å². The predicted octanol–water partition coefficient (Wildman–Crippen LogP) is 5.66. The molecule has 1 aliphatic heterocycles. The number of para-hydroxylation sites is 1. The first-order valence-corrected chi connectivity index (χ1v) is 12.7. The lowest BCUT2D eigenvalue weighted by molar-refractivity contribution is -0.115. The molecule has 3 aromatic carbocycles. The van der Waals surface area contributed by atoms with Crippen LogP contribution in [0.15, 0.2) is 76.4 Å². The standard InChI is InChI=1S/C29H22F2N2O5S/c1-16(27-28(35)32-29(36)39-27)18-9-12-23(21(31)15-18)37-13-14-38-26-24(17-7-10-19(30)11-8-17)33(2)22-6-4-3-5-20(22)25(26)34/h3-12,15H,13-14H2,1-2H3,(H,32,35,36)/b27-16+. The van der Waals surface area contributed by atoms with Crippen molar-refractivity contribution in [1.29, 1.82) is 0 Å². The van der Waals surface area contributed by atoms with Gasteiger partial charge in [-0.25, -0.2) is 8.78 Å². The molecular weight excluding hydrogens is 526 g/mol. The number of allylic oxidation sites excluding steroid dienone is 1. The third kappa shape index (κ3) is 5.15. The van der Waals surface area contributed by atoms with Crippen molar-refractivity contribution in [3.05, 3.63) is 99.1 Å². The van der Waals surface area contributed by atoms with Gasteiger partial charge in [0, 0.05) is 18.0 Å². The quantitative estimate of drug-likeness (QED) is 0.237. The monoisotopic (exact) mass is 548 g/mol. The molecule has 1 aliphatic rings. The molecule has 0 atom stereocenters. The summed E-state index contributed by atoms with van der Waals surface area (Å²) >= 11 is 0.768. The lowest BCUT2D eigenvalue weighted by atomic mass is 10.1. The summed E-state index contributed by atoms with van der Waals surface area (Å²) in [6.07, 6.45) is 0. The van der Waals surface area contributed by atoms with Crippen molar-refractivity contribution in [2.24, 2.45) is 7.05 Å². The van der Waals surface area contributed by atoms with Crippen LogP contribution in [0, 0.1) is 11.6 Å². The van der Waals surface area contributed by atoms with Crippen LogP contribution >= 0.6 is 11.8 Å². The van der Waals surface area contributed by atoms with Crippen molar-refractivity contribution in [2.45, 2.75) is 6.92 Å². The van der Waals surface area contributed by atoms with E-state index in [9.17, 15) is 23.2 Å². The number of nitrogens with one attached hydrogen (secondary N) is 1. The predicted molar refractivity (Wildman–Crippen MR) is 146 cm³/mol. The molecule has 4 aromatic rings. The fourth-order valence-electron chi connectivity index (χ4n) is 4.37. The van der Waals surface area contributed by atoms with Gasteiger partial charge < -0.3 is 14.0 Å². The number of hydrogen-bond donors (Lipinski definition) is 1. The Labute approximate surface area is 226 Å². The summed E-state index contributed by atoms with van der Waals surface area (Å²) < 4.78 is 41.6. The number of fused-ring (bicyclic) bond motifs is 1. The summed E-state index contributed by atoms with van der Waals surface area (Å²) in [6.45, 7) is 1.50. The van der Waals surface area contributed by atoms with Crippen LogP contribution in [0.25, 0.3) is 27.7 Å². The van der Waals surface area contributed by atoms with E-state index >= 15 is 0 Å². The number of aromatic nitrogens is 1. The van der Waals surface area contributed by atoms with Crippen LogP contribution in [0.2, 0.25) is 0 Å². The van der Waals surface area contributed by atoms with Gasteiger partial charge >= 0.3 is 0 Å². The molecule has 1 fully saturated rings. The molecule has 1 N–H and O–H groups in total. The van der Waals surface area contributed by atoms with E-state index in [2.05, 4.69) is 5.32 Å². The minimum absolute atomic E-state index is 0.0371. The number of rotatable bonds is 7. The van der Waals surface area contributed by atoms with Crippen molar-refractivity contribution in [3.63, 3.8) is 0 Å². The van der Waals surface area contributed by atoms with Gasteiger partial charge in [-0.1, -0.05) is 18.2 Å². The van der Waals surface area contributed by atoms with Crippen LogP contribution in [0.4, 0.5) is 13.6 Å². The third-order valence-corrected chi connectivity index (χ3v) is 7.28. The minimum atomic E-state index is -0.657. The van der Waals surface area contributed by atoms with Gasteiger partial charge in [-0.05, 0) is 78.4 Å². The van der Waals surface area contributed by atoms with Gasteiger partial charge in [0.15, 0.2) is 17.3 Å². The topological polar surface area (TPSA) is 86.6 Å². The van der Waals surface area contributed by atoms with Gasteiger partial charge in [-0.3, -0.25) is 19.7 Å². The maximum atomic E-state index is 14.8. The zero-order chi connectivity index (χ0) is 27.7. The first-order chi connectivity index (χ1) is 18.7. The molecule has 1 saturated heterocycles. The molecule has 2 amide bonds. The largest absolute Gasteiger partial charge is 0.487 e. The number of hydrogen-bond acceptors (Lipinski definition) is 6. The number of ether oxygens (including phenoxy) is 2. The Morgan fingerprint density at radius 1 is 0.949 bits per heavy atom. The highest BCUT2D eigenvalue weighted by Crippen LogP contribution is 2.33. The fourth-order valence-corrected chi connectivity index (χ4v) is 5.11. The molecule has 1 aromatic heterocycles. The molecule has 0 saturated carbocycles. The molecule has 0 radical (unpaired) electrons. The van der Waals surface area contributed by atoms with E-state index < -0.39 is 22.8 Å². The molecule has 0 unspecified atom stereocenters. The number of thioether (sulfide) groups is 1. The fraction of sp³-hybridized carbons (Fsp3) is 0.138. The van der Waals surface area contributed by atoms with E-state index in [1.807, 2.05) is 16.7 Å². The van der Waals surface area contributed by atoms with Gasteiger partial charge in [-0.15, -0.1) is 0 Å². The normalized spacial score (nSPS) is 14.5. The Hall–Kier alpha value is -4.44. The number of halogens is 2. The third-order valence-electron chi connectivity index (χ3n) is 6.29. The highest BCUT2D eigenvalue weighted by atomic mass is 32.2. The summed E-state index contributed by atoms with van der Waals surface area (Å²) in [5.41, 5.74) is 2.35. The summed E-state index contributed by atoms with van der Waals surface area (Å²) in [6, 6.07) is 17.1. The molecule has 5 rings (SSSR count). The number of carbonyl (C=O) groups is 2. The summed E-state index contributed by atoms with van der Waals surface area (Å²) in [5, 5.41) is 2.17. The van der Waals surface area contributed by atoms with E-state index in [1.165, 1.54) is 24.3 Å². The number of benzene rings is 3. The second-order valence-electron chi connectivity index (χ2n) is 8.73. The van der Waals surface area contributed by atoms with Crippen LogP contribution in [-0.2, 0) is 11.8 Å². The Bertz CT molecular complexity index is 1710. The smallest absolute Gasteiger partial charge is 0.290 e. The molecule has 198 valence electrons. The number of pyridine rings is 1. The Morgan fingerprint density at radius 3 is 2.36 bits per heavy atom. The molecule has 39 heavy (non-hydrogen) atoms. The lowest BCUT2D eigenvalue weighted by Crippen LogP contribution is -2.18. The summed E-state index contributed by atoms with van der Waals surface area (Å²) in [5.74, 6) is -1.54. The molecule has 7 nitrogen and oxygen atoms in total. The molecule has 0 spiro atoms. The highest BCUT2D eigenvalue weighted by Gasteiger charge is 2.28. The van der Waals surface area contributed by atoms with Gasteiger partial charge in [0.1, 0.15) is 19.0 Å². The van der Waals surface area contributed by atoms with Gasteiger partial charge in [0.2, 0.25) is 5.43 Å². The number of carbonyl (C=O) groups excluding carboxylic acids is 2. The second-order valence-corrected chi connectivity index (χ2v) is 9.71. The van der Waals surface area contributed by atoms with Crippen molar-refractivity contribution >= 4 is 39.4 Å². The number of amides is 2. The Balaban J connectivity index is 1.36. The first-order valence-electron chi connectivity index (χ1n) is 11.9. The average molecular weight is 549 g/mol. The maximum Gasteiger partial charge on any atom is 0.290 e. The minimum Gasteiger partial charge on any atom is -0.487 e. The zero-order valence-electron chi connectivity index (χ0n) is 20.9. The molecule has 0 bridgehead atoms. The SMILES string of the molecule is C/C(=C1\SC(=O)NC1=O)c1ccc(OCCOc2c(-c3ccc(F)cc3)n(C)c3ccccc3c2=O)c(F)c1. The highest BCUT2D eigenvalue weighted by molar-refractivity contribution is 8.18. The zero-order valence-corrected chi connectivity index (χ0v) is 21.7. The second kappa shape index (κ2) is 10.7. The molecule has 2 heterocycles. The number of nitrogens with zero attached hydrogens (tertiary/aromatic N) is 1. The lowest BCUT2D eigenvalue weighted by Gasteiger charge is -2.18. The van der Waals surface area contributed by atoms with Crippen LogP contribution in [0.3, 0.4) is 0 Å². The van der Waals surface area contributed by atoms with E-state index in [1.54, 1.807) is 44.3 Å². The van der Waals surface area contributed by atoms with E-state index in [0.717, 1.165) is 11.8 Å². The number of aryl methyl sites for hydroxylation is 1. The van der Waals surface area contributed by atoms with Crippen molar-refractivity contribution in [2.75, 3.05) is 13.2 Å². The molecule has 0 aliphatic carbocycles. The Kier molecular flexibility index (Phi) is 7.21. The average Bonchev–Trinajstić information content (AvgIpc) is 3.27. The maximum absolute atomic E-state index is 14.8. The van der Waals surface area contributed by atoms with E-state index in [4.69, 9.17) is 9.47 Å². The van der Waals surface area contributed by atoms with E-state index in [0.29, 0.717) is 33.3 Å². The van der Waals surface area contributed by atoms with Crippen molar-refractivity contribution < 1.29 is 27.8 Å².